The van der Waals surface area contributed by atoms with Crippen molar-refractivity contribution < 1.29 is 9.13 Å². The van der Waals surface area contributed by atoms with E-state index in [2.05, 4.69) is 20.3 Å². The van der Waals surface area contributed by atoms with Crippen molar-refractivity contribution in [2.45, 2.75) is 13.3 Å². The fraction of sp³-hybridized carbons (Fsp3) is 0.250. The van der Waals surface area contributed by atoms with Crippen molar-refractivity contribution in [3.8, 4) is 11.6 Å². The Morgan fingerprint density at radius 1 is 1.39 bits per heavy atom. The molecule has 2 heterocycles. The van der Waals surface area contributed by atoms with Gasteiger partial charge in [0, 0.05) is 12.7 Å². The van der Waals surface area contributed by atoms with Gasteiger partial charge in [-0.1, -0.05) is 6.92 Å². The van der Waals surface area contributed by atoms with Crippen molar-refractivity contribution in [3.05, 3.63) is 36.5 Å². The lowest BCUT2D eigenvalue weighted by atomic mass is 10.4. The molecule has 0 aliphatic rings. The van der Waals surface area contributed by atoms with Gasteiger partial charge >= 0.3 is 0 Å². The second-order valence-electron chi connectivity index (χ2n) is 3.56. The standard InChI is InChI=1S/C12H13FN4O/c1-2-5-15-12-16-8-10(13)11(17-12)18-9-4-3-6-14-7-9/h3-4,6-8H,2,5H2,1H3,(H,15,16,17). The molecule has 0 saturated heterocycles. The van der Waals surface area contributed by atoms with E-state index in [9.17, 15) is 4.39 Å². The van der Waals surface area contributed by atoms with Crippen LogP contribution in [0.5, 0.6) is 11.6 Å². The fourth-order valence-electron chi connectivity index (χ4n) is 1.26. The third-order valence-electron chi connectivity index (χ3n) is 2.09. The molecule has 0 aromatic carbocycles. The van der Waals surface area contributed by atoms with Crippen LogP contribution in [-0.4, -0.2) is 21.5 Å². The molecule has 0 aliphatic carbocycles. The topological polar surface area (TPSA) is 59.9 Å². The summed E-state index contributed by atoms with van der Waals surface area (Å²) in [4.78, 5) is 11.7. The second kappa shape index (κ2) is 5.90. The van der Waals surface area contributed by atoms with Crippen LogP contribution in [0.15, 0.2) is 30.7 Å². The number of nitrogens with zero attached hydrogens (tertiary/aromatic N) is 3. The third kappa shape index (κ3) is 3.13. The molecule has 94 valence electrons. The summed E-state index contributed by atoms with van der Waals surface area (Å²) in [5.74, 6) is 0.0474. The average molecular weight is 248 g/mol. The number of halogens is 1. The van der Waals surface area contributed by atoms with Crippen molar-refractivity contribution in [2.24, 2.45) is 0 Å². The van der Waals surface area contributed by atoms with Crippen LogP contribution in [0.25, 0.3) is 0 Å². The maximum absolute atomic E-state index is 13.5. The maximum atomic E-state index is 13.5. The predicted octanol–water partition coefficient (Wildman–Crippen LogP) is 2.62. The molecule has 2 aromatic rings. The molecule has 0 atom stereocenters. The zero-order chi connectivity index (χ0) is 12.8. The normalized spacial score (nSPS) is 10.1. The maximum Gasteiger partial charge on any atom is 0.260 e. The molecule has 18 heavy (non-hydrogen) atoms. The third-order valence-corrected chi connectivity index (χ3v) is 2.09. The smallest absolute Gasteiger partial charge is 0.260 e. The quantitative estimate of drug-likeness (QED) is 0.881. The largest absolute Gasteiger partial charge is 0.435 e. The minimum atomic E-state index is -0.610. The summed E-state index contributed by atoms with van der Waals surface area (Å²) in [5, 5.41) is 2.96. The second-order valence-corrected chi connectivity index (χ2v) is 3.56. The first kappa shape index (κ1) is 12.2. The SMILES string of the molecule is CCCNc1ncc(F)c(Oc2cccnc2)n1. The van der Waals surface area contributed by atoms with Crippen LogP contribution in [0.2, 0.25) is 0 Å². The van der Waals surface area contributed by atoms with Crippen LogP contribution in [0.4, 0.5) is 10.3 Å². The van der Waals surface area contributed by atoms with E-state index in [-0.39, 0.29) is 5.88 Å². The lowest BCUT2D eigenvalue weighted by Crippen LogP contribution is -2.05. The number of rotatable bonds is 5. The molecule has 0 saturated carbocycles. The van der Waals surface area contributed by atoms with Gasteiger partial charge in [0.15, 0.2) is 0 Å². The molecule has 0 spiro atoms. The van der Waals surface area contributed by atoms with E-state index >= 15 is 0 Å². The molecule has 0 aliphatic heterocycles. The van der Waals surface area contributed by atoms with Crippen LogP contribution >= 0.6 is 0 Å². The summed E-state index contributed by atoms with van der Waals surface area (Å²) in [6, 6.07) is 3.37. The zero-order valence-electron chi connectivity index (χ0n) is 9.93. The summed E-state index contributed by atoms with van der Waals surface area (Å²) < 4.78 is 18.8. The molecular weight excluding hydrogens is 235 g/mol. The number of anilines is 1. The minimum absolute atomic E-state index is 0.114. The van der Waals surface area contributed by atoms with Crippen molar-refractivity contribution in [1.82, 2.24) is 15.0 Å². The van der Waals surface area contributed by atoms with Gasteiger partial charge in [-0.3, -0.25) is 4.98 Å². The van der Waals surface area contributed by atoms with Gasteiger partial charge in [-0.05, 0) is 18.6 Å². The van der Waals surface area contributed by atoms with E-state index < -0.39 is 5.82 Å². The van der Waals surface area contributed by atoms with Gasteiger partial charge in [-0.25, -0.2) is 4.98 Å². The van der Waals surface area contributed by atoms with Crippen LogP contribution in [0.3, 0.4) is 0 Å². The highest BCUT2D eigenvalue weighted by molar-refractivity contribution is 5.31. The molecule has 0 bridgehead atoms. The number of hydrogen-bond donors (Lipinski definition) is 1. The first-order chi connectivity index (χ1) is 8.79. The van der Waals surface area contributed by atoms with Crippen molar-refractivity contribution in [2.75, 3.05) is 11.9 Å². The van der Waals surface area contributed by atoms with Gasteiger partial charge < -0.3 is 10.1 Å². The van der Waals surface area contributed by atoms with Crippen LogP contribution < -0.4 is 10.1 Å². The Hall–Kier alpha value is -2.24. The summed E-state index contributed by atoms with van der Waals surface area (Å²) in [6.07, 6.45) is 5.11. The number of nitrogens with one attached hydrogen (secondary N) is 1. The Morgan fingerprint density at radius 2 is 2.28 bits per heavy atom. The van der Waals surface area contributed by atoms with E-state index in [0.29, 0.717) is 11.7 Å². The zero-order valence-corrected chi connectivity index (χ0v) is 9.93. The lowest BCUT2D eigenvalue weighted by molar-refractivity contribution is 0.419. The Balaban J connectivity index is 2.16. The van der Waals surface area contributed by atoms with E-state index in [1.165, 1.54) is 6.20 Å². The highest BCUT2D eigenvalue weighted by atomic mass is 19.1. The van der Waals surface area contributed by atoms with Crippen LogP contribution in [-0.2, 0) is 0 Å². The van der Waals surface area contributed by atoms with E-state index in [1.54, 1.807) is 18.3 Å². The predicted molar refractivity (Wildman–Crippen MR) is 65.1 cm³/mol. The molecule has 1 N–H and O–H groups in total. The average Bonchev–Trinajstić information content (AvgIpc) is 2.41. The highest BCUT2D eigenvalue weighted by Gasteiger charge is 2.09. The van der Waals surface area contributed by atoms with Gasteiger partial charge in [-0.2, -0.15) is 9.37 Å². The highest BCUT2D eigenvalue weighted by Crippen LogP contribution is 2.21. The fourth-order valence-corrected chi connectivity index (χ4v) is 1.26. The summed E-state index contributed by atoms with van der Waals surface area (Å²) in [7, 11) is 0. The van der Waals surface area contributed by atoms with Crippen molar-refractivity contribution >= 4 is 5.95 Å². The van der Waals surface area contributed by atoms with Gasteiger partial charge in [0.25, 0.3) is 5.88 Å². The Morgan fingerprint density at radius 3 is 3.00 bits per heavy atom. The van der Waals surface area contributed by atoms with Gasteiger partial charge in [0.1, 0.15) is 5.75 Å². The summed E-state index contributed by atoms with van der Waals surface area (Å²) in [6.45, 7) is 2.74. The minimum Gasteiger partial charge on any atom is -0.435 e. The van der Waals surface area contributed by atoms with Gasteiger partial charge in [-0.15, -0.1) is 0 Å². The van der Waals surface area contributed by atoms with E-state index in [4.69, 9.17) is 4.74 Å². The van der Waals surface area contributed by atoms with E-state index in [1.807, 2.05) is 6.92 Å². The first-order valence-electron chi connectivity index (χ1n) is 5.64. The molecule has 2 rings (SSSR count). The Kier molecular flexibility index (Phi) is 4.01. The molecule has 0 fully saturated rings. The molecule has 0 amide bonds. The van der Waals surface area contributed by atoms with Gasteiger partial charge in [0.2, 0.25) is 11.8 Å². The Labute approximate surface area is 104 Å². The van der Waals surface area contributed by atoms with E-state index in [0.717, 1.165) is 19.2 Å². The number of aromatic nitrogens is 3. The Bertz CT molecular complexity index is 507. The lowest BCUT2D eigenvalue weighted by Gasteiger charge is -2.07. The summed E-state index contributed by atoms with van der Waals surface area (Å²) in [5.41, 5.74) is 0. The molecular formula is C12H13FN4O. The van der Waals surface area contributed by atoms with Crippen molar-refractivity contribution in [3.63, 3.8) is 0 Å². The number of pyridine rings is 1. The molecule has 6 heteroatoms. The first-order valence-corrected chi connectivity index (χ1v) is 5.64. The molecule has 2 aromatic heterocycles. The number of ether oxygens (including phenoxy) is 1. The molecule has 5 nitrogen and oxygen atoms in total. The molecule has 0 radical (unpaired) electrons. The van der Waals surface area contributed by atoms with Crippen molar-refractivity contribution in [1.29, 1.82) is 0 Å². The van der Waals surface area contributed by atoms with Crippen LogP contribution in [0.1, 0.15) is 13.3 Å². The monoisotopic (exact) mass is 248 g/mol. The van der Waals surface area contributed by atoms with Gasteiger partial charge in [0.05, 0.1) is 12.4 Å². The molecule has 0 unspecified atom stereocenters. The number of hydrogen-bond acceptors (Lipinski definition) is 5. The summed E-state index contributed by atoms with van der Waals surface area (Å²) >= 11 is 0. The van der Waals surface area contributed by atoms with Crippen LogP contribution in [0, 0.1) is 5.82 Å².